The van der Waals surface area contributed by atoms with Gasteiger partial charge in [-0.25, -0.2) is 4.99 Å². The van der Waals surface area contributed by atoms with E-state index in [1.165, 1.54) is 11.8 Å². The molecule has 1 fully saturated rings. The monoisotopic (exact) mass is 420 g/mol. The molecule has 2 heterocycles. The molecule has 1 aliphatic rings. The molecule has 0 radical (unpaired) electrons. The molecule has 152 valence electrons. The molecule has 30 heavy (non-hydrogen) atoms. The predicted octanol–water partition coefficient (Wildman–Crippen LogP) is 5.10. The molecule has 2 aromatic carbocycles. The highest BCUT2D eigenvalue weighted by molar-refractivity contribution is 8.18. The van der Waals surface area contributed by atoms with Crippen LogP contribution in [0.15, 0.2) is 81.2 Å². The van der Waals surface area contributed by atoms with Gasteiger partial charge in [0, 0.05) is 0 Å². The molecule has 0 unspecified atom stereocenters. The minimum atomic E-state index is -0.124. The van der Waals surface area contributed by atoms with Crippen molar-refractivity contribution in [3.05, 3.63) is 83.2 Å². The van der Waals surface area contributed by atoms with Gasteiger partial charge in [0.15, 0.2) is 16.7 Å². The number of furan rings is 1. The summed E-state index contributed by atoms with van der Waals surface area (Å²) < 4.78 is 16.1. The Kier molecular flexibility index (Phi) is 5.90. The Hall–Kier alpha value is -3.45. The summed E-state index contributed by atoms with van der Waals surface area (Å²) in [5.74, 6) is 1.81. The summed E-state index contributed by atoms with van der Waals surface area (Å²) in [4.78, 5) is 20.1. The zero-order valence-electron chi connectivity index (χ0n) is 16.6. The van der Waals surface area contributed by atoms with Crippen LogP contribution in [0, 0.1) is 0 Å². The molecule has 0 saturated carbocycles. The highest BCUT2D eigenvalue weighted by atomic mass is 32.2. The van der Waals surface area contributed by atoms with Crippen LogP contribution in [0.2, 0.25) is 0 Å². The van der Waals surface area contributed by atoms with Gasteiger partial charge in [-0.3, -0.25) is 9.69 Å². The number of hydrogen-bond donors (Lipinski definition) is 0. The van der Waals surface area contributed by atoms with Crippen molar-refractivity contribution in [2.45, 2.75) is 6.54 Å². The zero-order valence-corrected chi connectivity index (χ0v) is 17.4. The molecule has 0 bridgehead atoms. The number of aliphatic imine (C=N–C) groups is 1. The highest BCUT2D eigenvalue weighted by Crippen LogP contribution is 2.36. The quantitative estimate of drug-likeness (QED) is 0.519. The van der Waals surface area contributed by atoms with Crippen molar-refractivity contribution in [2.75, 3.05) is 14.2 Å². The van der Waals surface area contributed by atoms with E-state index in [-0.39, 0.29) is 5.91 Å². The van der Waals surface area contributed by atoms with Crippen molar-refractivity contribution in [1.82, 2.24) is 4.90 Å². The number of benzene rings is 2. The maximum absolute atomic E-state index is 13.2. The number of rotatable bonds is 6. The highest BCUT2D eigenvalue weighted by Gasteiger charge is 2.34. The number of para-hydroxylation sites is 1. The van der Waals surface area contributed by atoms with Gasteiger partial charge in [0.05, 0.1) is 37.6 Å². The minimum absolute atomic E-state index is 0.124. The van der Waals surface area contributed by atoms with E-state index >= 15 is 0 Å². The molecular weight excluding hydrogens is 400 g/mol. The summed E-state index contributed by atoms with van der Waals surface area (Å²) in [5, 5.41) is 0.606. The summed E-state index contributed by atoms with van der Waals surface area (Å²) in [6.07, 6.45) is 3.43. The van der Waals surface area contributed by atoms with Crippen LogP contribution in [-0.2, 0) is 11.3 Å². The topological polar surface area (TPSA) is 64.3 Å². The SMILES string of the molecule is COc1ccc(/C=C2\SC(=Nc3ccccc3)N(Cc3ccco3)C2=O)cc1OC. The molecule has 0 N–H and O–H groups in total. The number of hydrogen-bond acceptors (Lipinski definition) is 6. The number of thioether (sulfide) groups is 1. The Morgan fingerprint density at radius 3 is 2.53 bits per heavy atom. The lowest BCUT2D eigenvalue weighted by Crippen LogP contribution is -2.28. The van der Waals surface area contributed by atoms with E-state index in [4.69, 9.17) is 13.9 Å². The van der Waals surface area contributed by atoms with E-state index in [2.05, 4.69) is 4.99 Å². The summed E-state index contributed by atoms with van der Waals surface area (Å²) in [5.41, 5.74) is 1.62. The molecule has 0 atom stereocenters. The van der Waals surface area contributed by atoms with Gasteiger partial charge in [-0.1, -0.05) is 24.3 Å². The van der Waals surface area contributed by atoms with Crippen molar-refractivity contribution in [2.24, 2.45) is 4.99 Å². The average molecular weight is 420 g/mol. The van der Waals surface area contributed by atoms with Crippen LogP contribution in [0.5, 0.6) is 11.5 Å². The van der Waals surface area contributed by atoms with Crippen molar-refractivity contribution < 1.29 is 18.7 Å². The van der Waals surface area contributed by atoms with Crippen LogP contribution in [0.25, 0.3) is 6.08 Å². The molecule has 1 amide bonds. The first-order valence-electron chi connectivity index (χ1n) is 9.27. The summed E-state index contributed by atoms with van der Waals surface area (Å²) >= 11 is 1.34. The molecule has 6 nitrogen and oxygen atoms in total. The first-order chi connectivity index (χ1) is 14.7. The molecular formula is C23H20N2O4S. The van der Waals surface area contributed by atoms with Gasteiger partial charge in [-0.05, 0) is 59.8 Å². The average Bonchev–Trinajstić information content (AvgIpc) is 3.39. The second-order valence-corrected chi connectivity index (χ2v) is 7.43. The summed E-state index contributed by atoms with van der Waals surface area (Å²) in [7, 11) is 3.17. The maximum atomic E-state index is 13.2. The largest absolute Gasteiger partial charge is 0.493 e. The lowest BCUT2D eigenvalue weighted by atomic mass is 10.2. The summed E-state index contributed by atoms with van der Waals surface area (Å²) in [6, 6.07) is 18.7. The zero-order chi connectivity index (χ0) is 20.9. The Morgan fingerprint density at radius 1 is 1.03 bits per heavy atom. The molecule has 7 heteroatoms. The van der Waals surface area contributed by atoms with Gasteiger partial charge in [-0.15, -0.1) is 0 Å². The normalized spacial score (nSPS) is 16.5. The van der Waals surface area contributed by atoms with E-state index in [1.54, 1.807) is 31.4 Å². The molecule has 1 aromatic heterocycles. The Balaban J connectivity index is 1.69. The third-order valence-electron chi connectivity index (χ3n) is 4.47. The number of carbonyl (C=O) groups is 1. The molecule has 0 spiro atoms. The number of carbonyl (C=O) groups excluding carboxylic acids is 1. The lowest BCUT2D eigenvalue weighted by molar-refractivity contribution is -0.122. The van der Waals surface area contributed by atoms with E-state index in [1.807, 2.05) is 60.7 Å². The Bertz CT molecular complexity index is 1090. The van der Waals surface area contributed by atoms with Crippen molar-refractivity contribution >= 4 is 34.6 Å². The predicted molar refractivity (Wildman–Crippen MR) is 118 cm³/mol. The number of methoxy groups -OCH3 is 2. The van der Waals surface area contributed by atoms with Crippen molar-refractivity contribution in [1.29, 1.82) is 0 Å². The fraction of sp³-hybridized carbons (Fsp3) is 0.130. The number of ether oxygens (including phenoxy) is 2. The van der Waals surface area contributed by atoms with Crippen LogP contribution < -0.4 is 9.47 Å². The van der Waals surface area contributed by atoms with Gasteiger partial charge in [-0.2, -0.15) is 0 Å². The molecule has 3 aromatic rings. The van der Waals surface area contributed by atoms with Crippen LogP contribution in [0.1, 0.15) is 11.3 Å². The van der Waals surface area contributed by atoms with Crippen molar-refractivity contribution in [3.8, 4) is 11.5 Å². The third-order valence-corrected chi connectivity index (χ3v) is 5.48. The number of nitrogens with zero attached hydrogens (tertiary/aromatic N) is 2. The second kappa shape index (κ2) is 8.92. The Morgan fingerprint density at radius 2 is 1.83 bits per heavy atom. The standard InChI is InChI=1S/C23H20N2O4S/c1-27-19-11-10-16(13-20(19)28-2)14-21-22(26)25(15-18-9-6-12-29-18)23(30-21)24-17-7-4-3-5-8-17/h3-14H,15H2,1-2H3/b21-14-,24-23?. The van der Waals surface area contributed by atoms with E-state index in [0.29, 0.717) is 33.9 Å². The van der Waals surface area contributed by atoms with Gasteiger partial charge >= 0.3 is 0 Å². The molecule has 0 aliphatic carbocycles. The van der Waals surface area contributed by atoms with Crippen LogP contribution in [0.4, 0.5) is 5.69 Å². The lowest BCUT2D eigenvalue weighted by Gasteiger charge is -2.13. The smallest absolute Gasteiger partial charge is 0.267 e. The van der Waals surface area contributed by atoms with E-state index in [0.717, 1.165) is 11.3 Å². The van der Waals surface area contributed by atoms with Crippen molar-refractivity contribution in [3.63, 3.8) is 0 Å². The maximum Gasteiger partial charge on any atom is 0.267 e. The van der Waals surface area contributed by atoms with Gasteiger partial charge < -0.3 is 13.9 Å². The molecule has 1 saturated heterocycles. The minimum Gasteiger partial charge on any atom is -0.493 e. The summed E-state index contributed by atoms with van der Waals surface area (Å²) in [6.45, 7) is 0.313. The third kappa shape index (κ3) is 4.26. The first-order valence-corrected chi connectivity index (χ1v) is 10.1. The van der Waals surface area contributed by atoms with Gasteiger partial charge in [0.25, 0.3) is 5.91 Å². The fourth-order valence-corrected chi connectivity index (χ4v) is 3.99. The molecule has 4 rings (SSSR count). The van der Waals surface area contributed by atoms with Crippen LogP contribution in [-0.4, -0.2) is 30.2 Å². The van der Waals surface area contributed by atoms with Gasteiger partial charge in [0.1, 0.15) is 5.76 Å². The van der Waals surface area contributed by atoms with E-state index in [9.17, 15) is 4.79 Å². The van der Waals surface area contributed by atoms with Crippen LogP contribution >= 0.6 is 11.8 Å². The number of amidine groups is 1. The Labute approximate surface area is 178 Å². The van der Waals surface area contributed by atoms with Crippen LogP contribution in [0.3, 0.4) is 0 Å². The fourth-order valence-electron chi connectivity index (χ4n) is 3.00. The van der Waals surface area contributed by atoms with E-state index < -0.39 is 0 Å². The number of amides is 1. The second-order valence-electron chi connectivity index (χ2n) is 6.43. The first kappa shape index (κ1) is 19.8. The van der Waals surface area contributed by atoms with Gasteiger partial charge in [0.2, 0.25) is 0 Å². The molecule has 1 aliphatic heterocycles.